The number of nitrogens with two attached hydrogens (primary N) is 1. The Morgan fingerprint density at radius 3 is 2.69 bits per heavy atom. The molecule has 1 rings (SSSR count). The van der Waals surface area contributed by atoms with Crippen molar-refractivity contribution in [1.82, 2.24) is 4.98 Å². The number of aromatic amines is 1. The second kappa shape index (κ2) is 4.26. The molecular weight excluding hydrogens is 304 g/mol. The summed E-state index contributed by atoms with van der Waals surface area (Å²) in [6.07, 6.45) is -0.0839. The minimum Gasteiger partial charge on any atom is -0.481 e. The van der Waals surface area contributed by atoms with Crippen LogP contribution in [0.5, 0.6) is 0 Å². The van der Waals surface area contributed by atoms with Crippen molar-refractivity contribution < 1.29 is 9.90 Å². The van der Waals surface area contributed by atoms with Crippen LogP contribution in [0, 0.1) is 0 Å². The van der Waals surface area contributed by atoms with Crippen LogP contribution in [-0.2, 0) is 4.79 Å². The zero-order chi connectivity index (χ0) is 10.0. The molecule has 0 bridgehead atoms. The minimum absolute atomic E-state index is 0.0839. The highest BCUT2D eigenvalue weighted by molar-refractivity contribution is 9.13. The average Bonchev–Trinajstić information content (AvgIpc) is 2.31. The zero-order valence-electron chi connectivity index (χ0n) is 6.55. The Morgan fingerprint density at radius 2 is 2.31 bits per heavy atom. The third-order valence-electron chi connectivity index (χ3n) is 1.54. The highest BCUT2D eigenvalue weighted by Crippen LogP contribution is 2.26. The molecule has 6 heteroatoms. The van der Waals surface area contributed by atoms with Gasteiger partial charge in [0.25, 0.3) is 0 Å². The van der Waals surface area contributed by atoms with E-state index in [0.29, 0.717) is 5.69 Å². The maximum atomic E-state index is 10.4. The predicted molar refractivity (Wildman–Crippen MR) is 55.4 cm³/mol. The lowest BCUT2D eigenvalue weighted by Crippen LogP contribution is -2.15. The van der Waals surface area contributed by atoms with Gasteiger partial charge in [0.15, 0.2) is 0 Å². The summed E-state index contributed by atoms with van der Waals surface area (Å²) in [7, 11) is 0. The molecule has 0 aliphatic carbocycles. The van der Waals surface area contributed by atoms with Gasteiger partial charge in [-0.25, -0.2) is 0 Å². The number of hydrogen-bond acceptors (Lipinski definition) is 2. The first-order chi connectivity index (χ1) is 6.00. The number of carboxylic acids is 1. The number of hydrogen-bond donors (Lipinski definition) is 3. The minimum atomic E-state index is -0.908. The SMILES string of the molecule is NC(CC(=O)O)c1cc(Br)c(Br)[nH]1. The van der Waals surface area contributed by atoms with Crippen LogP contribution in [0.15, 0.2) is 15.1 Å². The van der Waals surface area contributed by atoms with Crippen LogP contribution in [0.2, 0.25) is 0 Å². The first-order valence-electron chi connectivity index (χ1n) is 3.52. The molecule has 4 N–H and O–H groups in total. The Labute approximate surface area is 91.8 Å². The molecule has 0 fully saturated rings. The molecule has 0 aliphatic heterocycles. The number of carbonyl (C=O) groups is 1. The molecule has 1 unspecified atom stereocenters. The van der Waals surface area contributed by atoms with Gasteiger partial charge >= 0.3 is 5.97 Å². The predicted octanol–water partition coefficient (Wildman–Crippen LogP) is 2.01. The van der Waals surface area contributed by atoms with E-state index in [4.69, 9.17) is 10.8 Å². The molecule has 0 amide bonds. The third kappa shape index (κ3) is 2.82. The summed E-state index contributed by atoms with van der Waals surface area (Å²) in [5.41, 5.74) is 6.32. The summed E-state index contributed by atoms with van der Waals surface area (Å²) in [6, 6.07) is 1.26. The van der Waals surface area contributed by atoms with Gasteiger partial charge in [0.05, 0.1) is 17.1 Å². The molecule has 0 aromatic carbocycles. The second-order valence-electron chi connectivity index (χ2n) is 2.59. The van der Waals surface area contributed by atoms with Crippen LogP contribution in [0.3, 0.4) is 0 Å². The first kappa shape index (κ1) is 10.7. The topological polar surface area (TPSA) is 79.1 Å². The summed E-state index contributed by atoms with van der Waals surface area (Å²) in [6.45, 7) is 0. The van der Waals surface area contributed by atoms with E-state index < -0.39 is 12.0 Å². The van der Waals surface area contributed by atoms with Gasteiger partial charge in [-0.3, -0.25) is 4.79 Å². The Morgan fingerprint density at radius 1 is 1.69 bits per heavy atom. The van der Waals surface area contributed by atoms with Crippen molar-refractivity contribution in [3.8, 4) is 0 Å². The van der Waals surface area contributed by atoms with Gasteiger partial charge in [0.1, 0.15) is 0 Å². The van der Waals surface area contributed by atoms with E-state index in [0.717, 1.165) is 9.08 Å². The number of halogens is 2. The van der Waals surface area contributed by atoms with E-state index in [9.17, 15) is 4.79 Å². The van der Waals surface area contributed by atoms with E-state index in [1.807, 2.05) is 0 Å². The van der Waals surface area contributed by atoms with Crippen molar-refractivity contribution in [2.24, 2.45) is 5.73 Å². The number of nitrogens with one attached hydrogen (secondary N) is 1. The fraction of sp³-hybridized carbons (Fsp3) is 0.286. The molecule has 4 nitrogen and oxygen atoms in total. The number of aromatic nitrogens is 1. The standard InChI is InChI=1S/C7H8Br2N2O2/c8-3-1-5(11-7(3)9)4(10)2-6(12)13/h1,4,11H,2,10H2,(H,12,13). The average molecular weight is 312 g/mol. The molecule has 72 valence electrons. The van der Waals surface area contributed by atoms with Crippen LogP contribution in [0.1, 0.15) is 18.2 Å². The van der Waals surface area contributed by atoms with Crippen molar-refractivity contribution >= 4 is 37.8 Å². The van der Waals surface area contributed by atoms with E-state index in [2.05, 4.69) is 36.8 Å². The zero-order valence-corrected chi connectivity index (χ0v) is 9.72. The molecule has 1 atom stereocenters. The Kier molecular flexibility index (Phi) is 3.52. The summed E-state index contributed by atoms with van der Waals surface area (Å²) < 4.78 is 1.60. The van der Waals surface area contributed by atoms with Gasteiger partial charge in [-0.1, -0.05) is 0 Å². The van der Waals surface area contributed by atoms with Crippen LogP contribution < -0.4 is 5.73 Å². The Balaban J connectivity index is 2.77. The van der Waals surface area contributed by atoms with Crippen LogP contribution in [0.4, 0.5) is 0 Å². The monoisotopic (exact) mass is 310 g/mol. The summed E-state index contributed by atoms with van der Waals surface area (Å²) >= 11 is 6.51. The van der Waals surface area contributed by atoms with Gasteiger partial charge in [0.2, 0.25) is 0 Å². The molecule has 1 heterocycles. The lowest BCUT2D eigenvalue weighted by atomic mass is 10.1. The third-order valence-corrected chi connectivity index (χ3v) is 3.32. The molecule has 13 heavy (non-hydrogen) atoms. The van der Waals surface area contributed by atoms with Crippen molar-refractivity contribution in [2.45, 2.75) is 12.5 Å². The van der Waals surface area contributed by atoms with E-state index in [-0.39, 0.29) is 6.42 Å². The number of rotatable bonds is 3. The molecule has 0 radical (unpaired) electrons. The van der Waals surface area contributed by atoms with E-state index >= 15 is 0 Å². The van der Waals surface area contributed by atoms with Gasteiger partial charge in [-0.15, -0.1) is 0 Å². The summed E-state index contributed by atoms with van der Waals surface area (Å²) in [5, 5.41) is 8.50. The highest BCUT2D eigenvalue weighted by atomic mass is 79.9. The molecule has 0 spiro atoms. The highest BCUT2D eigenvalue weighted by Gasteiger charge is 2.13. The number of H-pyrrole nitrogens is 1. The van der Waals surface area contributed by atoms with Crippen molar-refractivity contribution in [1.29, 1.82) is 0 Å². The lowest BCUT2D eigenvalue weighted by Gasteiger charge is -2.05. The second-order valence-corrected chi connectivity index (χ2v) is 4.24. The van der Waals surface area contributed by atoms with E-state index in [1.54, 1.807) is 6.07 Å². The Hall–Kier alpha value is -0.330. The molecule has 1 aromatic rings. The number of carboxylic acid groups (broad SMARTS) is 1. The van der Waals surface area contributed by atoms with Gasteiger partial charge in [-0.05, 0) is 37.9 Å². The van der Waals surface area contributed by atoms with Crippen LogP contribution >= 0.6 is 31.9 Å². The molecule has 0 saturated heterocycles. The molecule has 0 saturated carbocycles. The van der Waals surface area contributed by atoms with Crippen molar-refractivity contribution in [2.75, 3.05) is 0 Å². The van der Waals surface area contributed by atoms with Crippen LogP contribution in [0.25, 0.3) is 0 Å². The van der Waals surface area contributed by atoms with Crippen molar-refractivity contribution in [3.05, 3.63) is 20.8 Å². The molecule has 1 aromatic heterocycles. The largest absolute Gasteiger partial charge is 0.481 e. The fourth-order valence-electron chi connectivity index (χ4n) is 0.920. The van der Waals surface area contributed by atoms with Gasteiger partial charge < -0.3 is 15.8 Å². The first-order valence-corrected chi connectivity index (χ1v) is 5.10. The molecular formula is C7H8Br2N2O2. The lowest BCUT2D eigenvalue weighted by molar-refractivity contribution is -0.137. The van der Waals surface area contributed by atoms with Crippen LogP contribution in [-0.4, -0.2) is 16.1 Å². The molecule has 0 aliphatic rings. The van der Waals surface area contributed by atoms with E-state index in [1.165, 1.54) is 0 Å². The quantitative estimate of drug-likeness (QED) is 0.799. The van der Waals surface area contributed by atoms with Gasteiger partial charge in [0, 0.05) is 10.2 Å². The summed E-state index contributed by atoms with van der Waals surface area (Å²) in [4.78, 5) is 13.3. The maximum Gasteiger partial charge on any atom is 0.305 e. The Bertz CT molecular complexity index is 305. The summed E-state index contributed by atoms with van der Waals surface area (Å²) in [5.74, 6) is -0.908. The smallest absolute Gasteiger partial charge is 0.305 e. The fourth-order valence-corrected chi connectivity index (χ4v) is 1.61. The normalized spacial score (nSPS) is 12.8. The van der Waals surface area contributed by atoms with Crippen molar-refractivity contribution in [3.63, 3.8) is 0 Å². The van der Waals surface area contributed by atoms with Gasteiger partial charge in [-0.2, -0.15) is 0 Å². The maximum absolute atomic E-state index is 10.4. The number of aliphatic carboxylic acids is 1.